The van der Waals surface area contributed by atoms with Crippen LogP contribution in [0.2, 0.25) is 0 Å². The van der Waals surface area contributed by atoms with Crippen molar-refractivity contribution in [3.8, 4) is 22.9 Å². The molecule has 0 atom stereocenters. The predicted octanol–water partition coefficient (Wildman–Crippen LogP) is 3.42. The molecule has 0 bridgehead atoms. The maximum absolute atomic E-state index is 12.1. The molecule has 0 saturated carbocycles. The molecule has 0 spiro atoms. The van der Waals surface area contributed by atoms with E-state index in [4.69, 9.17) is 8.83 Å². The van der Waals surface area contributed by atoms with Gasteiger partial charge in [-0.2, -0.15) is 0 Å². The van der Waals surface area contributed by atoms with E-state index in [1.165, 1.54) is 18.2 Å². The van der Waals surface area contributed by atoms with Crippen LogP contribution < -0.4 is 5.63 Å². The number of hydrogen-bond donors (Lipinski definition) is 0. The normalized spacial score (nSPS) is 10.9. The van der Waals surface area contributed by atoms with Crippen LogP contribution in [0.15, 0.2) is 68.2 Å². The summed E-state index contributed by atoms with van der Waals surface area (Å²) in [6.07, 6.45) is 0. The number of benzene rings is 2. The van der Waals surface area contributed by atoms with Gasteiger partial charge in [0.15, 0.2) is 0 Å². The van der Waals surface area contributed by atoms with Crippen molar-refractivity contribution in [2.75, 3.05) is 0 Å². The molecular weight excluding hydrogens is 326 g/mol. The van der Waals surface area contributed by atoms with Gasteiger partial charge in [-0.3, -0.25) is 10.1 Å². The number of fused-ring (bicyclic) bond motifs is 1. The summed E-state index contributed by atoms with van der Waals surface area (Å²) in [6.45, 7) is 0. The van der Waals surface area contributed by atoms with Crippen LogP contribution in [0.4, 0.5) is 5.69 Å². The topological polar surface area (TPSA) is 112 Å². The average molecular weight is 335 g/mol. The fourth-order valence-corrected chi connectivity index (χ4v) is 2.41. The number of rotatable bonds is 3. The molecule has 8 heteroatoms. The van der Waals surface area contributed by atoms with Crippen molar-refractivity contribution in [3.05, 3.63) is 75.1 Å². The largest absolute Gasteiger partial charge is 0.422 e. The van der Waals surface area contributed by atoms with Crippen molar-refractivity contribution in [2.24, 2.45) is 0 Å². The number of aromatic nitrogens is 2. The van der Waals surface area contributed by atoms with E-state index < -0.39 is 10.5 Å². The van der Waals surface area contributed by atoms with E-state index in [9.17, 15) is 14.9 Å². The van der Waals surface area contributed by atoms with Gasteiger partial charge in [-0.15, -0.1) is 10.2 Å². The van der Waals surface area contributed by atoms with Crippen LogP contribution in [-0.4, -0.2) is 15.1 Å². The van der Waals surface area contributed by atoms with Crippen LogP contribution in [0.3, 0.4) is 0 Å². The summed E-state index contributed by atoms with van der Waals surface area (Å²) in [6, 6.07) is 14.5. The molecule has 2 aromatic heterocycles. The smallest absolute Gasteiger partial charge is 0.349 e. The minimum Gasteiger partial charge on any atom is -0.422 e. The highest BCUT2D eigenvalue weighted by atomic mass is 16.6. The van der Waals surface area contributed by atoms with E-state index in [-0.39, 0.29) is 23.0 Å². The molecule has 0 aliphatic carbocycles. The molecule has 0 aliphatic rings. The Morgan fingerprint density at radius 3 is 2.56 bits per heavy atom. The number of nitrogens with zero attached hydrogens (tertiary/aromatic N) is 3. The van der Waals surface area contributed by atoms with Gasteiger partial charge in [0.25, 0.3) is 11.6 Å². The summed E-state index contributed by atoms with van der Waals surface area (Å²) in [5, 5.41) is 19.3. The Labute approximate surface area is 139 Å². The number of nitro benzene ring substituents is 1. The lowest BCUT2D eigenvalue weighted by Crippen LogP contribution is -2.02. The summed E-state index contributed by atoms with van der Waals surface area (Å²) in [5.41, 5.74) is 0.270. The molecule has 0 fully saturated rings. The molecule has 0 saturated heterocycles. The minimum absolute atomic E-state index is 0.0130. The fourth-order valence-electron chi connectivity index (χ4n) is 2.41. The Bertz CT molecular complexity index is 1160. The lowest BCUT2D eigenvalue weighted by atomic mass is 10.2. The van der Waals surface area contributed by atoms with Crippen LogP contribution in [-0.2, 0) is 0 Å². The van der Waals surface area contributed by atoms with Gasteiger partial charge in [-0.05, 0) is 18.2 Å². The van der Waals surface area contributed by atoms with Gasteiger partial charge in [-0.25, -0.2) is 4.79 Å². The molecule has 0 aliphatic heterocycles. The zero-order valence-electron chi connectivity index (χ0n) is 12.6. The Morgan fingerprint density at radius 1 is 0.920 bits per heavy atom. The second-order valence-corrected chi connectivity index (χ2v) is 5.21. The first-order valence-corrected chi connectivity index (χ1v) is 7.23. The van der Waals surface area contributed by atoms with E-state index in [1.54, 1.807) is 30.3 Å². The molecule has 25 heavy (non-hydrogen) atoms. The predicted molar refractivity (Wildman–Crippen MR) is 87.9 cm³/mol. The lowest BCUT2D eigenvalue weighted by Gasteiger charge is -1.98. The third-order valence-corrected chi connectivity index (χ3v) is 3.60. The fraction of sp³-hybridized carbons (Fsp3) is 0. The molecule has 8 nitrogen and oxygen atoms in total. The molecule has 2 heterocycles. The monoisotopic (exact) mass is 335 g/mol. The van der Waals surface area contributed by atoms with Gasteiger partial charge in [0, 0.05) is 23.1 Å². The van der Waals surface area contributed by atoms with E-state index in [2.05, 4.69) is 10.2 Å². The summed E-state index contributed by atoms with van der Waals surface area (Å²) >= 11 is 0. The Balaban J connectivity index is 1.79. The molecular formula is C17H9N3O5. The molecule has 4 aromatic rings. The molecule has 0 amide bonds. The van der Waals surface area contributed by atoms with Gasteiger partial charge in [0.05, 0.1) is 4.92 Å². The van der Waals surface area contributed by atoms with Crippen molar-refractivity contribution in [3.63, 3.8) is 0 Å². The third kappa shape index (κ3) is 2.65. The van der Waals surface area contributed by atoms with Crippen LogP contribution >= 0.6 is 0 Å². The van der Waals surface area contributed by atoms with Crippen molar-refractivity contribution in [1.29, 1.82) is 0 Å². The van der Waals surface area contributed by atoms with Gasteiger partial charge in [0.1, 0.15) is 11.1 Å². The summed E-state index contributed by atoms with van der Waals surface area (Å²) in [5.74, 6) is 0.0623. The van der Waals surface area contributed by atoms with Gasteiger partial charge >= 0.3 is 5.63 Å². The number of para-hydroxylation sites is 1. The number of nitro groups is 1. The zero-order chi connectivity index (χ0) is 17.4. The lowest BCUT2D eigenvalue weighted by molar-refractivity contribution is -0.384. The quantitative estimate of drug-likeness (QED) is 0.320. The van der Waals surface area contributed by atoms with Crippen LogP contribution in [0.1, 0.15) is 0 Å². The highest BCUT2D eigenvalue weighted by Gasteiger charge is 2.17. The van der Waals surface area contributed by atoms with Crippen molar-refractivity contribution in [1.82, 2.24) is 10.2 Å². The van der Waals surface area contributed by atoms with Crippen LogP contribution in [0, 0.1) is 10.1 Å². The second kappa shape index (κ2) is 5.68. The highest BCUT2D eigenvalue weighted by molar-refractivity contribution is 5.80. The maximum Gasteiger partial charge on any atom is 0.349 e. The van der Waals surface area contributed by atoms with Gasteiger partial charge < -0.3 is 8.83 Å². The summed E-state index contributed by atoms with van der Waals surface area (Å²) in [7, 11) is 0. The summed E-state index contributed by atoms with van der Waals surface area (Å²) < 4.78 is 10.8. The first-order valence-electron chi connectivity index (χ1n) is 7.23. The van der Waals surface area contributed by atoms with Crippen molar-refractivity contribution in [2.45, 2.75) is 0 Å². The number of non-ortho nitro benzene ring substituents is 1. The minimum atomic E-state index is -0.604. The molecule has 122 valence electrons. The molecule has 0 N–H and O–H groups in total. The Morgan fingerprint density at radius 2 is 1.72 bits per heavy atom. The van der Waals surface area contributed by atoms with E-state index in [1.807, 2.05) is 6.07 Å². The maximum atomic E-state index is 12.1. The van der Waals surface area contributed by atoms with E-state index in [0.29, 0.717) is 16.5 Å². The number of hydrogen-bond acceptors (Lipinski definition) is 7. The van der Waals surface area contributed by atoms with Gasteiger partial charge in [0.2, 0.25) is 5.89 Å². The standard InChI is InChI=1S/C17H9N3O5/c21-17-13(9-10-4-1-2-7-14(10)24-17)16-19-18-15(25-16)11-5-3-6-12(8-11)20(22)23/h1-9H. The van der Waals surface area contributed by atoms with Crippen LogP contribution in [0.25, 0.3) is 33.9 Å². The molecule has 0 unspecified atom stereocenters. The average Bonchev–Trinajstić information content (AvgIpc) is 3.11. The molecule has 0 radical (unpaired) electrons. The van der Waals surface area contributed by atoms with E-state index in [0.717, 1.165) is 0 Å². The Hall–Kier alpha value is -3.81. The van der Waals surface area contributed by atoms with E-state index >= 15 is 0 Å². The zero-order valence-corrected chi connectivity index (χ0v) is 12.6. The first-order chi connectivity index (χ1) is 12.1. The van der Waals surface area contributed by atoms with Crippen LogP contribution in [0.5, 0.6) is 0 Å². The van der Waals surface area contributed by atoms with Gasteiger partial charge in [-0.1, -0.05) is 24.3 Å². The highest BCUT2D eigenvalue weighted by Crippen LogP contribution is 2.26. The first kappa shape index (κ1) is 14.8. The SMILES string of the molecule is O=c1oc2ccccc2cc1-c1nnc(-c2cccc([N+](=O)[O-])c2)o1. The molecule has 2 aromatic carbocycles. The second-order valence-electron chi connectivity index (χ2n) is 5.21. The van der Waals surface area contributed by atoms with Crippen molar-refractivity contribution >= 4 is 16.7 Å². The molecule has 4 rings (SSSR count). The third-order valence-electron chi connectivity index (χ3n) is 3.60. The Kier molecular flexibility index (Phi) is 3.35. The van der Waals surface area contributed by atoms with Crippen molar-refractivity contribution < 1.29 is 13.8 Å². The summed E-state index contributed by atoms with van der Waals surface area (Å²) in [4.78, 5) is 22.5.